The monoisotopic (exact) mass is 116 g/mol. The molecule has 0 aromatic carbocycles. The van der Waals surface area contributed by atoms with Gasteiger partial charge in [0, 0.05) is 12.4 Å². The van der Waals surface area contributed by atoms with E-state index in [1.54, 1.807) is 0 Å². The zero-order valence-corrected chi connectivity index (χ0v) is 4.05. The number of hydrogen-bond acceptors (Lipinski definition) is 4. The summed E-state index contributed by atoms with van der Waals surface area (Å²) in [7, 11) is 0. The second kappa shape index (κ2) is 3.04. The average molecular weight is 116 g/mol. The fourth-order valence-corrected chi connectivity index (χ4v) is 0.190. The Morgan fingerprint density at radius 2 is 2.25 bits per heavy atom. The van der Waals surface area contributed by atoms with Gasteiger partial charge in [-0.15, -0.1) is 0 Å². The van der Waals surface area contributed by atoms with E-state index in [0.717, 1.165) is 0 Å². The van der Waals surface area contributed by atoms with Gasteiger partial charge in [0.15, 0.2) is 0 Å². The molecule has 46 valence electrons. The molecule has 0 aliphatic rings. The molecule has 0 aromatic heterocycles. The first-order valence-corrected chi connectivity index (χ1v) is 1.84. The fourth-order valence-electron chi connectivity index (χ4n) is 0.190. The Morgan fingerprint density at radius 1 is 1.75 bits per heavy atom. The summed E-state index contributed by atoms with van der Waals surface area (Å²) in [6.07, 6.45) is -0.538. The van der Waals surface area contributed by atoms with Crippen LogP contribution in [0.25, 0.3) is 0 Å². The van der Waals surface area contributed by atoms with Crippen molar-refractivity contribution < 1.29 is 20.0 Å². The van der Waals surface area contributed by atoms with Crippen molar-refractivity contribution in [1.29, 1.82) is 0 Å². The van der Waals surface area contributed by atoms with E-state index in [-0.39, 0.29) is 5.76 Å². The van der Waals surface area contributed by atoms with Crippen LogP contribution in [0.15, 0.2) is 12.3 Å². The minimum absolute atomic E-state index is 0.343. The van der Waals surface area contributed by atoms with E-state index in [2.05, 4.69) is 11.5 Å². The van der Waals surface area contributed by atoms with Crippen LogP contribution in [0, 0.1) is 0 Å². The van der Waals surface area contributed by atoms with Gasteiger partial charge in [0.2, 0.25) is 0 Å². The SMILES string of the molecule is C=C(CC(=O)[O-])O[O-]. The van der Waals surface area contributed by atoms with Gasteiger partial charge in [-0.25, -0.2) is 0 Å². The fraction of sp³-hybridized carbons (Fsp3) is 0.250. The van der Waals surface area contributed by atoms with Crippen LogP contribution in [-0.4, -0.2) is 5.97 Å². The van der Waals surface area contributed by atoms with Crippen molar-refractivity contribution in [1.82, 2.24) is 0 Å². The lowest BCUT2D eigenvalue weighted by Crippen LogP contribution is -2.23. The van der Waals surface area contributed by atoms with Crippen molar-refractivity contribution in [3.63, 3.8) is 0 Å². The molecule has 0 radical (unpaired) electrons. The number of aliphatic carboxylic acids is 1. The summed E-state index contributed by atoms with van der Waals surface area (Å²) < 4.78 is 0. The third kappa shape index (κ3) is 3.17. The maximum Gasteiger partial charge on any atom is 0.0855 e. The lowest BCUT2D eigenvalue weighted by Gasteiger charge is -2.10. The Hall–Kier alpha value is -1.03. The summed E-state index contributed by atoms with van der Waals surface area (Å²) in [4.78, 5) is 12.8. The van der Waals surface area contributed by atoms with Crippen molar-refractivity contribution in [3.05, 3.63) is 12.3 Å². The van der Waals surface area contributed by atoms with Crippen LogP contribution in [0.5, 0.6) is 0 Å². The van der Waals surface area contributed by atoms with E-state index in [9.17, 15) is 15.2 Å². The van der Waals surface area contributed by atoms with Gasteiger partial charge in [-0.2, -0.15) is 0 Å². The molecule has 0 saturated heterocycles. The molecule has 0 amide bonds. The average Bonchev–Trinajstić information content (AvgIpc) is 1.65. The number of carboxylic acids is 1. The maximum atomic E-state index is 9.58. The van der Waals surface area contributed by atoms with Crippen LogP contribution in [0.4, 0.5) is 0 Å². The lowest BCUT2D eigenvalue weighted by atomic mass is 10.4. The number of hydrogen-bond donors (Lipinski definition) is 0. The molecule has 0 aromatic rings. The van der Waals surface area contributed by atoms with Gasteiger partial charge in [0.05, 0.1) is 5.76 Å². The maximum absolute atomic E-state index is 9.58. The van der Waals surface area contributed by atoms with Crippen molar-refractivity contribution in [2.75, 3.05) is 0 Å². The van der Waals surface area contributed by atoms with Gasteiger partial charge < -0.3 is 20.0 Å². The normalized spacial score (nSPS) is 8.12. The first-order valence-electron chi connectivity index (χ1n) is 1.84. The van der Waals surface area contributed by atoms with Gasteiger partial charge >= 0.3 is 0 Å². The third-order valence-corrected chi connectivity index (χ3v) is 0.459. The van der Waals surface area contributed by atoms with E-state index in [4.69, 9.17) is 0 Å². The molecule has 0 saturated carbocycles. The minimum Gasteiger partial charge on any atom is -0.664 e. The second-order valence-electron chi connectivity index (χ2n) is 1.17. The predicted octanol–water partition coefficient (Wildman–Crippen LogP) is -2.07. The molecule has 0 aliphatic heterocycles. The minimum atomic E-state index is -1.37. The molecule has 0 N–H and O–H groups in total. The molecule has 0 aliphatic carbocycles. The number of carbonyl (C=O) groups excluding carboxylic acids is 1. The lowest BCUT2D eigenvalue weighted by molar-refractivity contribution is -0.672. The van der Waals surface area contributed by atoms with Crippen LogP contribution >= 0.6 is 0 Å². The topological polar surface area (TPSA) is 72.4 Å². The second-order valence-corrected chi connectivity index (χ2v) is 1.17. The highest BCUT2D eigenvalue weighted by atomic mass is 17.1. The largest absolute Gasteiger partial charge is 0.664 e. The standard InChI is InChI=1S/C4H6O4/c1-3(8-7)2-4(5)6/h7H,1-2H2,(H,5,6)/p-2. The predicted molar refractivity (Wildman–Crippen MR) is 19.8 cm³/mol. The molecule has 8 heavy (non-hydrogen) atoms. The Bertz CT molecular complexity index is 107. The molecule has 0 bridgehead atoms. The highest BCUT2D eigenvalue weighted by Gasteiger charge is 1.87. The quantitative estimate of drug-likeness (QED) is 0.241. The molecule has 0 spiro atoms. The number of carbonyl (C=O) groups is 1. The molecule has 4 heteroatoms. The van der Waals surface area contributed by atoms with Gasteiger partial charge in [0.25, 0.3) is 0 Å². The van der Waals surface area contributed by atoms with Crippen molar-refractivity contribution in [2.45, 2.75) is 6.42 Å². The summed E-state index contributed by atoms with van der Waals surface area (Å²) in [5.74, 6) is -1.71. The number of carboxylic acid groups (broad SMARTS) is 1. The highest BCUT2D eigenvalue weighted by Crippen LogP contribution is 1.91. The van der Waals surface area contributed by atoms with Crippen molar-refractivity contribution >= 4 is 5.97 Å². The summed E-state index contributed by atoms with van der Waals surface area (Å²) in [5.41, 5.74) is 0. The Kier molecular flexibility index (Phi) is 2.64. The smallest absolute Gasteiger partial charge is 0.0855 e. The van der Waals surface area contributed by atoms with E-state index >= 15 is 0 Å². The van der Waals surface area contributed by atoms with Crippen molar-refractivity contribution in [2.24, 2.45) is 0 Å². The zero-order valence-electron chi connectivity index (χ0n) is 4.05. The Balaban J connectivity index is 3.40. The summed E-state index contributed by atoms with van der Waals surface area (Å²) in [6.45, 7) is 2.96. The molecule has 4 nitrogen and oxygen atoms in total. The summed E-state index contributed by atoms with van der Waals surface area (Å²) in [5, 5.41) is 18.9. The van der Waals surface area contributed by atoms with E-state index < -0.39 is 12.4 Å². The first kappa shape index (κ1) is 6.97. The van der Waals surface area contributed by atoms with Gasteiger partial charge in [-0.05, 0) is 0 Å². The molecular formula is C4H4O4-2. The third-order valence-electron chi connectivity index (χ3n) is 0.459. The van der Waals surface area contributed by atoms with Crippen LogP contribution in [-0.2, 0) is 9.68 Å². The van der Waals surface area contributed by atoms with Crippen LogP contribution < -0.4 is 10.4 Å². The Labute approximate surface area is 45.9 Å². The molecule has 0 unspecified atom stereocenters. The Morgan fingerprint density at radius 3 is 2.38 bits per heavy atom. The van der Waals surface area contributed by atoms with Crippen LogP contribution in [0.3, 0.4) is 0 Å². The summed E-state index contributed by atoms with van der Waals surface area (Å²) in [6, 6.07) is 0. The molecule has 0 rings (SSSR count). The first-order chi connectivity index (χ1) is 3.66. The van der Waals surface area contributed by atoms with E-state index in [1.165, 1.54) is 0 Å². The van der Waals surface area contributed by atoms with E-state index in [1.807, 2.05) is 0 Å². The molecule has 0 fully saturated rings. The molecular weight excluding hydrogens is 112 g/mol. The summed E-state index contributed by atoms with van der Waals surface area (Å²) >= 11 is 0. The molecule has 0 heterocycles. The molecule has 0 atom stereocenters. The van der Waals surface area contributed by atoms with Crippen LogP contribution in [0.1, 0.15) is 6.42 Å². The number of rotatable bonds is 3. The highest BCUT2D eigenvalue weighted by molar-refractivity contribution is 5.66. The van der Waals surface area contributed by atoms with Crippen molar-refractivity contribution in [3.8, 4) is 0 Å². The van der Waals surface area contributed by atoms with E-state index in [0.29, 0.717) is 0 Å². The van der Waals surface area contributed by atoms with Gasteiger partial charge in [-0.3, -0.25) is 0 Å². The van der Waals surface area contributed by atoms with Crippen LogP contribution in [0.2, 0.25) is 0 Å². The van der Waals surface area contributed by atoms with Gasteiger partial charge in [-0.1, -0.05) is 6.58 Å². The van der Waals surface area contributed by atoms with Gasteiger partial charge in [0.1, 0.15) is 0 Å². The zero-order chi connectivity index (χ0) is 6.57.